The Morgan fingerprint density at radius 3 is 2.42 bits per heavy atom. The number of rotatable bonds is 5. The van der Waals surface area contributed by atoms with E-state index in [-0.39, 0.29) is 29.5 Å². The standard InChI is InChI=1S/C21H18F4N6O2/c1-11-8-13(9-15(10-32)27-11)16-17(12-2-4-14(22)5-3-12)28-19(26)31-18(16)29-30(20(31)33)7-6-21(23,24)25/h2-5,8-9,32H,6-7,10H2,1H3,(H2,26,28). The Labute approximate surface area is 184 Å². The molecule has 0 bridgehead atoms. The average Bonchev–Trinajstić information content (AvgIpc) is 3.08. The number of hydrogen-bond acceptors (Lipinski definition) is 6. The predicted molar refractivity (Wildman–Crippen MR) is 112 cm³/mol. The van der Waals surface area contributed by atoms with Crippen molar-refractivity contribution >= 4 is 11.6 Å². The highest BCUT2D eigenvalue weighted by Gasteiger charge is 2.28. The Kier molecular flexibility index (Phi) is 5.62. The normalized spacial score (nSPS) is 11.9. The molecule has 3 N–H and O–H groups in total. The molecule has 0 amide bonds. The van der Waals surface area contributed by atoms with Crippen LogP contribution in [0.5, 0.6) is 0 Å². The summed E-state index contributed by atoms with van der Waals surface area (Å²) in [6.45, 7) is 0.619. The van der Waals surface area contributed by atoms with Crippen molar-refractivity contribution < 1.29 is 22.7 Å². The second kappa shape index (κ2) is 8.28. The van der Waals surface area contributed by atoms with Gasteiger partial charge in [0.25, 0.3) is 0 Å². The molecule has 3 aromatic heterocycles. The van der Waals surface area contributed by atoms with E-state index >= 15 is 0 Å². The monoisotopic (exact) mass is 462 g/mol. The lowest BCUT2D eigenvalue weighted by Crippen LogP contribution is -2.25. The highest BCUT2D eigenvalue weighted by atomic mass is 19.4. The molecular formula is C21H18F4N6O2. The van der Waals surface area contributed by atoms with E-state index in [9.17, 15) is 27.5 Å². The maximum atomic E-state index is 13.5. The van der Waals surface area contributed by atoms with Gasteiger partial charge in [0.1, 0.15) is 5.82 Å². The number of aryl methyl sites for hydroxylation is 2. The molecule has 33 heavy (non-hydrogen) atoms. The van der Waals surface area contributed by atoms with E-state index in [0.717, 1.165) is 4.40 Å². The molecule has 8 nitrogen and oxygen atoms in total. The Morgan fingerprint density at radius 2 is 1.79 bits per heavy atom. The first-order valence-electron chi connectivity index (χ1n) is 9.78. The van der Waals surface area contributed by atoms with Crippen LogP contribution in [0.1, 0.15) is 17.8 Å². The van der Waals surface area contributed by atoms with E-state index < -0.39 is 30.6 Å². The Bertz CT molecular complexity index is 1390. The minimum atomic E-state index is -4.49. The quantitative estimate of drug-likeness (QED) is 0.441. The maximum Gasteiger partial charge on any atom is 0.390 e. The molecule has 3 heterocycles. The number of nitrogens with zero attached hydrogens (tertiary/aromatic N) is 5. The van der Waals surface area contributed by atoms with Gasteiger partial charge in [0.2, 0.25) is 5.95 Å². The van der Waals surface area contributed by atoms with Crippen molar-refractivity contribution in [1.29, 1.82) is 0 Å². The molecule has 4 rings (SSSR count). The zero-order chi connectivity index (χ0) is 23.9. The van der Waals surface area contributed by atoms with Crippen LogP contribution in [-0.2, 0) is 13.2 Å². The van der Waals surface area contributed by atoms with Gasteiger partial charge in [-0.3, -0.25) is 4.98 Å². The van der Waals surface area contributed by atoms with Crippen molar-refractivity contribution in [3.8, 4) is 22.4 Å². The van der Waals surface area contributed by atoms with Crippen LogP contribution < -0.4 is 11.4 Å². The first-order valence-corrected chi connectivity index (χ1v) is 9.78. The van der Waals surface area contributed by atoms with E-state index in [0.29, 0.717) is 27.2 Å². The second-order valence-electron chi connectivity index (χ2n) is 7.38. The Balaban J connectivity index is 2.05. The van der Waals surface area contributed by atoms with Gasteiger partial charge in [-0.25, -0.2) is 23.3 Å². The average molecular weight is 462 g/mol. The SMILES string of the molecule is Cc1cc(-c2c(-c3ccc(F)cc3)nc(N)n3c(=O)n(CCC(F)(F)F)nc23)cc(CO)n1. The number of pyridine rings is 1. The fourth-order valence-corrected chi connectivity index (χ4v) is 3.53. The Morgan fingerprint density at radius 1 is 1.09 bits per heavy atom. The van der Waals surface area contributed by atoms with E-state index in [1.165, 1.54) is 24.3 Å². The molecule has 0 aliphatic rings. The van der Waals surface area contributed by atoms with E-state index in [1.807, 2.05) is 0 Å². The lowest BCUT2D eigenvalue weighted by Gasteiger charge is -2.13. The number of fused-ring (bicyclic) bond motifs is 1. The third-order valence-corrected chi connectivity index (χ3v) is 4.94. The first kappa shape index (κ1) is 22.4. The number of anilines is 1. The topological polar surface area (TPSA) is 111 Å². The van der Waals surface area contributed by atoms with Crippen molar-refractivity contribution in [3.63, 3.8) is 0 Å². The maximum absolute atomic E-state index is 13.5. The third kappa shape index (κ3) is 4.42. The van der Waals surface area contributed by atoms with Gasteiger partial charge in [-0.15, -0.1) is 5.10 Å². The lowest BCUT2D eigenvalue weighted by atomic mass is 9.99. The summed E-state index contributed by atoms with van der Waals surface area (Å²) in [5, 5.41) is 13.7. The molecule has 0 spiro atoms. The summed E-state index contributed by atoms with van der Waals surface area (Å²) in [6.07, 6.45) is -5.74. The third-order valence-electron chi connectivity index (χ3n) is 4.94. The van der Waals surface area contributed by atoms with Crippen LogP contribution in [0.25, 0.3) is 28.0 Å². The number of aliphatic hydroxyl groups excluding tert-OH is 1. The summed E-state index contributed by atoms with van der Waals surface area (Å²) in [5.74, 6) is -0.770. The second-order valence-corrected chi connectivity index (χ2v) is 7.38. The molecule has 0 aliphatic heterocycles. The predicted octanol–water partition coefficient (Wildman–Crippen LogP) is 3.09. The summed E-state index contributed by atoms with van der Waals surface area (Å²) in [5.41, 5.74) is 7.38. The van der Waals surface area contributed by atoms with Crippen molar-refractivity contribution in [1.82, 2.24) is 24.1 Å². The molecule has 0 unspecified atom stereocenters. The van der Waals surface area contributed by atoms with Crippen LogP contribution in [0, 0.1) is 12.7 Å². The van der Waals surface area contributed by atoms with Crippen LogP contribution >= 0.6 is 0 Å². The van der Waals surface area contributed by atoms with Crippen LogP contribution in [0.2, 0.25) is 0 Å². The largest absolute Gasteiger partial charge is 0.390 e. The molecule has 0 saturated carbocycles. The molecular weight excluding hydrogens is 444 g/mol. The number of nitrogens with two attached hydrogens (primary N) is 1. The van der Waals surface area contributed by atoms with Crippen molar-refractivity contribution in [3.05, 3.63) is 64.1 Å². The number of halogens is 4. The molecule has 1 aromatic carbocycles. The van der Waals surface area contributed by atoms with Gasteiger partial charge in [0.05, 0.1) is 36.5 Å². The van der Waals surface area contributed by atoms with Gasteiger partial charge in [0, 0.05) is 11.3 Å². The fraction of sp³-hybridized carbons (Fsp3) is 0.238. The summed E-state index contributed by atoms with van der Waals surface area (Å²) in [7, 11) is 0. The smallest absolute Gasteiger partial charge is 0.390 e. The van der Waals surface area contributed by atoms with Gasteiger partial charge < -0.3 is 10.8 Å². The number of benzene rings is 1. The Hall–Kier alpha value is -3.80. The van der Waals surface area contributed by atoms with E-state index in [1.54, 1.807) is 19.1 Å². The highest BCUT2D eigenvalue weighted by Crippen LogP contribution is 2.35. The van der Waals surface area contributed by atoms with Gasteiger partial charge in [-0.05, 0) is 48.9 Å². The zero-order valence-corrected chi connectivity index (χ0v) is 17.3. The van der Waals surface area contributed by atoms with Gasteiger partial charge in [-0.1, -0.05) is 0 Å². The van der Waals surface area contributed by atoms with E-state index in [4.69, 9.17) is 5.73 Å². The number of aromatic nitrogens is 5. The minimum Gasteiger partial charge on any atom is -0.390 e. The number of aliphatic hydroxyl groups is 1. The van der Waals surface area contributed by atoms with Crippen LogP contribution in [0.4, 0.5) is 23.5 Å². The van der Waals surface area contributed by atoms with Crippen molar-refractivity contribution in [2.45, 2.75) is 32.7 Å². The van der Waals surface area contributed by atoms with Crippen LogP contribution in [0.3, 0.4) is 0 Å². The number of alkyl halides is 3. The highest BCUT2D eigenvalue weighted by molar-refractivity contribution is 5.90. The zero-order valence-electron chi connectivity index (χ0n) is 17.3. The molecule has 4 aromatic rings. The molecule has 0 radical (unpaired) electrons. The van der Waals surface area contributed by atoms with Crippen LogP contribution in [0.15, 0.2) is 41.2 Å². The van der Waals surface area contributed by atoms with Gasteiger partial charge in [0.15, 0.2) is 5.65 Å². The fourth-order valence-electron chi connectivity index (χ4n) is 3.53. The molecule has 12 heteroatoms. The van der Waals surface area contributed by atoms with Crippen molar-refractivity contribution in [2.75, 3.05) is 5.73 Å². The summed E-state index contributed by atoms with van der Waals surface area (Å²) in [6, 6.07) is 8.54. The first-order chi connectivity index (χ1) is 15.6. The molecule has 0 atom stereocenters. The van der Waals surface area contributed by atoms with Gasteiger partial charge >= 0.3 is 11.9 Å². The molecule has 0 fully saturated rings. The summed E-state index contributed by atoms with van der Waals surface area (Å²) < 4.78 is 53.4. The van der Waals surface area contributed by atoms with Crippen molar-refractivity contribution in [2.24, 2.45) is 0 Å². The molecule has 0 saturated heterocycles. The van der Waals surface area contributed by atoms with Gasteiger partial charge in [-0.2, -0.15) is 13.2 Å². The van der Waals surface area contributed by atoms with E-state index in [2.05, 4.69) is 15.1 Å². The van der Waals surface area contributed by atoms with Crippen LogP contribution in [-0.4, -0.2) is 35.4 Å². The molecule has 172 valence electrons. The minimum absolute atomic E-state index is 0.0245. The summed E-state index contributed by atoms with van der Waals surface area (Å²) >= 11 is 0. The summed E-state index contributed by atoms with van der Waals surface area (Å²) in [4.78, 5) is 21.3. The number of nitrogen functional groups attached to an aromatic ring is 1. The number of hydrogen-bond donors (Lipinski definition) is 2. The molecule has 0 aliphatic carbocycles. The lowest BCUT2D eigenvalue weighted by molar-refractivity contribution is -0.137.